The van der Waals surface area contributed by atoms with Gasteiger partial charge in [-0.3, -0.25) is 4.79 Å². The zero-order valence-corrected chi connectivity index (χ0v) is 14.6. The summed E-state index contributed by atoms with van der Waals surface area (Å²) in [5.74, 6) is -2.89. The molecule has 2 N–H and O–H groups in total. The summed E-state index contributed by atoms with van der Waals surface area (Å²) in [6.07, 6.45) is 0.179. The van der Waals surface area contributed by atoms with E-state index in [9.17, 15) is 13.6 Å². The number of ether oxygens (including phenoxy) is 2. The van der Waals surface area contributed by atoms with Gasteiger partial charge in [-0.1, -0.05) is 17.3 Å². The van der Waals surface area contributed by atoms with Gasteiger partial charge in [0.1, 0.15) is 23.7 Å². The van der Waals surface area contributed by atoms with E-state index in [2.05, 4.69) is 5.16 Å². The number of nitrogens with zero attached hydrogens (tertiary/aromatic N) is 1. The predicted octanol–water partition coefficient (Wildman–Crippen LogP) is 3.36. The number of benzene rings is 2. The van der Waals surface area contributed by atoms with Gasteiger partial charge >= 0.3 is 0 Å². The van der Waals surface area contributed by atoms with Crippen molar-refractivity contribution in [2.75, 3.05) is 13.2 Å². The molecule has 0 aliphatic carbocycles. The molecular formula is C19H18F2N2O4. The van der Waals surface area contributed by atoms with Crippen LogP contribution in [-0.2, 0) is 4.84 Å². The Morgan fingerprint density at radius 1 is 1.22 bits per heavy atom. The molecule has 6 nitrogen and oxygen atoms in total. The summed E-state index contributed by atoms with van der Waals surface area (Å²) in [7, 11) is 0. The molecule has 8 heteroatoms. The molecule has 27 heavy (non-hydrogen) atoms. The van der Waals surface area contributed by atoms with Gasteiger partial charge in [0.2, 0.25) is 0 Å². The maximum absolute atomic E-state index is 14.2. The van der Waals surface area contributed by atoms with E-state index in [0.717, 1.165) is 23.4 Å². The van der Waals surface area contributed by atoms with Crippen LogP contribution in [0.25, 0.3) is 0 Å². The summed E-state index contributed by atoms with van der Waals surface area (Å²) in [6.45, 7) is 2.43. The van der Waals surface area contributed by atoms with Crippen LogP contribution in [0.5, 0.6) is 11.5 Å². The SMILES string of the molecule is CCOc1ccc(C2CC(COc3ccc(F)c(C(N)=O)c3F)=NO2)cc1. The molecular weight excluding hydrogens is 358 g/mol. The number of nitrogens with two attached hydrogens (primary N) is 1. The Morgan fingerprint density at radius 3 is 2.63 bits per heavy atom. The molecule has 142 valence electrons. The van der Waals surface area contributed by atoms with Crippen LogP contribution >= 0.6 is 0 Å². The molecule has 0 spiro atoms. The second-order valence-corrected chi connectivity index (χ2v) is 5.85. The van der Waals surface area contributed by atoms with Gasteiger partial charge in [-0.15, -0.1) is 0 Å². The van der Waals surface area contributed by atoms with E-state index < -0.39 is 23.1 Å². The van der Waals surface area contributed by atoms with Gasteiger partial charge in [-0.2, -0.15) is 0 Å². The highest BCUT2D eigenvalue weighted by Gasteiger charge is 2.24. The molecule has 2 aromatic rings. The summed E-state index contributed by atoms with van der Waals surface area (Å²) in [5, 5.41) is 3.94. The first kappa shape index (κ1) is 18.6. The first-order chi connectivity index (χ1) is 13.0. The molecule has 0 radical (unpaired) electrons. The average molecular weight is 376 g/mol. The van der Waals surface area contributed by atoms with Crippen molar-refractivity contribution >= 4 is 11.6 Å². The topological polar surface area (TPSA) is 83.1 Å². The van der Waals surface area contributed by atoms with Gasteiger partial charge in [0.05, 0.1) is 12.3 Å². The van der Waals surface area contributed by atoms with Crippen molar-refractivity contribution in [3.8, 4) is 11.5 Å². The third-order valence-electron chi connectivity index (χ3n) is 3.99. The third-order valence-corrected chi connectivity index (χ3v) is 3.99. The van der Waals surface area contributed by atoms with Gasteiger partial charge < -0.3 is 20.0 Å². The van der Waals surface area contributed by atoms with Crippen LogP contribution in [0.1, 0.15) is 35.4 Å². The van der Waals surface area contributed by atoms with Crippen molar-refractivity contribution < 1.29 is 27.9 Å². The van der Waals surface area contributed by atoms with Gasteiger partial charge in [0.15, 0.2) is 17.7 Å². The lowest BCUT2D eigenvalue weighted by molar-refractivity contribution is 0.0856. The fourth-order valence-corrected chi connectivity index (χ4v) is 2.67. The van der Waals surface area contributed by atoms with Gasteiger partial charge in [-0.25, -0.2) is 8.78 Å². The van der Waals surface area contributed by atoms with Gasteiger partial charge in [-0.05, 0) is 36.8 Å². The summed E-state index contributed by atoms with van der Waals surface area (Å²) in [6, 6.07) is 9.47. The Morgan fingerprint density at radius 2 is 1.96 bits per heavy atom. The molecule has 2 aromatic carbocycles. The molecule has 0 bridgehead atoms. The predicted molar refractivity (Wildman–Crippen MR) is 93.9 cm³/mol. The third kappa shape index (κ3) is 4.16. The van der Waals surface area contributed by atoms with Crippen LogP contribution in [0.15, 0.2) is 41.6 Å². The van der Waals surface area contributed by atoms with Crippen LogP contribution in [0, 0.1) is 11.6 Å². The quantitative estimate of drug-likeness (QED) is 0.803. The fourth-order valence-electron chi connectivity index (χ4n) is 2.67. The molecule has 0 saturated carbocycles. The standard InChI is InChI=1S/C19H18F2N2O4/c1-2-25-13-5-3-11(4-6-13)16-9-12(23-27-16)10-26-15-8-7-14(20)17(18(15)21)19(22)24/h3-8,16H,2,9-10H2,1H3,(H2,22,24). The first-order valence-electron chi connectivity index (χ1n) is 8.34. The first-order valence-corrected chi connectivity index (χ1v) is 8.34. The second kappa shape index (κ2) is 8.03. The monoisotopic (exact) mass is 376 g/mol. The van der Waals surface area contributed by atoms with Gasteiger partial charge in [0, 0.05) is 6.42 Å². The van der Waals surface area contributed by atoms with E-state index in [4.69, 9.17) is 20.0 Å². The summed E-state index contributed by atoms with van der Waals surface area (Å²) in [4.78, 5) is 16.5. The number of halogens is 2. The Bertz CT molecular complexity index is 869. The molecule has 1 atom stereocenters. The molecule has 0 saturated heterocycles. The lowest BCUT2D eigenvalue weighted by atomic mass is 10.0. The zero-order chi connectivity index (χ0) is 19.4. The number of hydrogen-bond donors (Lipinski definition) is 1. The van der Waals surface area contributed by atoms with Crippen molar-refractivity contribution in [3.63, 3.8) is 0 Å². The second-order valence-electron chi connectivity index (χ2n) is 5.85. The van der Waals surface area contributed by atoms with Crippen molar-refractivity contribution in [2.45, 2.75) is 19.4 Å². The van der Waals surface area contributed by atoms with Crippen molar-refractivity contribution in [1.82, 2.24) is 0 Å². The minimum Gasteiger partial charge on any atom is -0.494 e. The maximum Gasteiger partial charge on any atom is 0.254 e. The van der Waals surface area contributed by atoms with E-state index in [1.165, 1.54) is 0 Å². The number of amides is 1. The van der Waals surface area contributed by atoms with E-state index in [-0.39, 0.29) is 18.5 Å². The molecule has 0 fully saturated rings. The highest BCUT2D eigenvalue weighted by Crippen LogP contribution is 2.29. The molecule has 1 aliphatic rings. The van der Waals surface area contributed by atoms with Crippen LogP contribution in [-0.4, -0.2) is 24.8 Å². The Kier molecular flexibility index (Phi) is 5.54. The minimum absolute atomic E-state index is 0.0612. The molecule has 1 amide bonds. The average Bonchev–Trinajstić information content (AvgIpc) is 3.11. The van der Waals surface area contributed by atoms with Crippen LogP contribution in [0.2, 0.25) is 0 Å². The van der Waals surface area contributed by atoms with E-state index in [0.29, 0.717) is 18.7 Å². The number of rotatable bonds is 7. The molecule has 1 aliphatic heterocycles. The Balaban J connectivity index is 1.61. The van der Waals surface area contributed by atoms with E-state index in [1.807, 2.05) is 31.2 Å². The lowest BCUT2D eigenvalue weighted by Crippen LogP contribution is -2.17. The molecule has 1 heterocycles. The lowest BCUT2D eigenvalue weighted by Gasteiger charge is -2.10. The molecule has 1 unspecified atom stereocenters. The highest BCUT2D eigenvalue weighted by molar-refractivity contribution is 5.94. The fraction of sp³-hybridized carbons (Fsp3) is 0.263. The van der Waals surface area contributed by atoms with Crippen LogP contribution in [0.3, 0.4) is 0 Å². The number of oxime groups is 1. The number of primary amides is 1. The molecule has 0 aromatic heterocycles. The highest BCUT2D eigenvalue weighted by atomic mass is 19.1. The Labute approximate surface area is 154 Å². The maximum atomic E-state index is 14.2. The Hall–Kier alpha value is -3.16. The van der Waals surface area contributed by atoms with E-state index >= 15 is 0 Å². The summed E-state index contributed by atoms with van der Waals surface area (Å²) >= 11 is 0. The minimum atomic E-state index is -1.20. The van der Waals surface area contributed by atoms with Crippen LogP contribution < -0.4 is 15.2 Å². The van der Waals surface area contributed by atoms with Crippen molar-refractivity contribution in [1.29, 1.82) is 0 Å². The largest absolute Gasteiger partial charge is 0.494 e. The zero-order valence-electron chi connectivity index (χ0n) is 14.6. The van der Waals surface area contributed by atoms with E-state index in [1.54, 1.807) is 0 Å². The van der Waals surface area contributed by atoms with Crippen LogP contribution in [0.4, 0.5) is 8.78 Å². The smallest absolute Gasteiger partial charge is 0.254 e. The summed E-state index contributed by atoms with van der Waals surface area (Å²) < 4.78 is 38.4. The summed E-state index contributed by atoms with van der Waals surface area (Å²) in [5.41, 5.74) is 5.63. The molecule has 3 rings (SSSR count). The number of hydrogen-bond acceptors (Lipinski definition) is 5. The number of carbonyl (C=O) groups is 1. The van der Waals surface area contributed by atoms with Gasteiger partial charge in [0.25, 0.3) is 5.91 Å². The normalized spacial score (nSPS) is 15.8. The van der Waals surface area contributed by atoms with Crippen molar-refractivity contribution in [3.05, 3.63) is 59.2 Å². The number of carbonyl (C=O) groups excluding carboxylic acids is 1. The van der Waals surface area contributed by atoms with Crippen molar-refractivity contribution in [2.24, 2.45) is 10.9 Å².